The number of carbonyl (C=O) groups is 5. The average molecular weight is 488 g/mol. The van der Waals surface area contributed by atoms with Crippen LogP contribution in [-0.4, -0.2) is 53.5 Å². The summed E-state index contributed by atoms with van der Waals surface area (Å²) in [5.41, 5.74) is 5.79. The lowest BCUT2D eigenvalue weighted by atomic mass is 10.1. The third-order valence-electron chi connectivity index (χ3n) is 3.77. The number of Topliss-reactive ketones (excluding diaryl/α,β-unsaturated/α-hetero) is 1. The number of rotatable bonds is 8. The van der Waals surface area contributed by atoms with Crippen molar-refractivity contribution in [2.24, 2.45) is 11.7 Å². The van der Waals surface area contributed by atoms with Gasteiger partial charge < -0.3 is 21.7 Å². The fourth-order valence-electron chi connectivity index (χ4n) is 2.32. The van der Waals surface area contributed by atoms with Gasteiger partial charge in [0, 0.05) is 11.6 Å². The van der Waals surface area contributed by atoms with Gasteiger partial charge in [-0.25, -0.2) is 0 Å². The van der Waals surface area contributed by atoms with Crippen LogP contribution in [0, 0.1) is 5.92 Å². The van der Waals surface area contributed by atoms with Gasteiger partial charge in [-0.1, -0.05) is 59.2 Å². The van der Waals surface area contributed by atoms with Crippen LogP contribution in [0.3, 0.4) is 0 Å². The lowest BCUT2D eigenvalue weighted by Gasteiger charge is -2.14. The molecular formula is C25H37N5O5. The molecule has 0 aliphatic rings. The Labute approximate surface area is 206 Å². The van der Waals surface area contributed by atoms with Crippen molar-refractivity contribution in [1.82, 2.24) is 20.9 Å². The summed E-state index contributed by atoms with van der Waals surface area (Å²) < 4.78 is 0. The van der Waals surface area contributed by atoms with E-state index in [1.807, 2.05) is 0 Å². The van der Waals surface area contributed by atoms with Crippen molar-refractivity contribution >= 4 is 40.3 Å². The van der Waals surface area contributed by atoms with Crippen molar-refractivity contribution in [3.05, 3.63) is 42.1 Å². The number of pyridine rings is 1. The summed E-state index contributed by atoms with van der Waals surface area (Å²) in [6, 6.07) is 7.65. The molecule has 35 heavy (non-hydrogen) atoms. The number of hydrogen-bond acceptors (Lipinski definition) is 6. The van der Waals surface area contributed by atoms with Gasteiger partial charge in [-0.15, -0.1) is 0 Å². The zero-order chi connectivity index (χ0) is 27.0. The first-order chi connectivity index (χ1) is 16.4. The first kappa shape index (κ1) is 31.2. The Kier molecular flexibility index (Phi) is 14.9. The second-order valence-corrected chi connectivity index (χ2v) is 8.29. The lowest BCUT2D eigenvalue weighted by Crippen LogP contribution is -2.49. The van der Waals surface area contributed by atoms with E-state index in [-0.39, 0.29) is 6.54 Å². The molecule has 0 radical (unpaired) electrons. The molecule has 1 aromatic carbocycles. The van der Waals surface area contributed by atoms with Crippen molar-refractivity contribution in [3.8, 4) is 0 Å². The quantitative estimate of drug-likeness (QED) is 0.415. The molecule has 0 fully saturated rings. The number of hydrogen-bond donors (Lipinski definition) is 4. The zero-order valence-corrected chi connectivity index (χ0v) is 21.3. The van der Waals surface area contributed by atoms with Crippen LogP contribution >= 0.6 is 0 Å². The molecule has 10 heteroatoms. The van der Waals surface area contributed by atoms with Crippen LogP contribution in [0.1, 0.15) is 58.3 Å². The van der Waals surface area contributed by atoms with E-state index in [1.165, 1.54) is 19.5 Å². The molecular weight excluding hydrogens is 450 g/mol. The summed E-state index contributed by atoms with van der Waals surface area (Å²) in [5, 5.41) is 7.67. The van der Waals surface area contributed by atoms with Crippen LogP contribution in [0.5, 0.6) is 0 Å². The van der Waals surface area contributed by atoms with E-state index in [1.54, 1.807) is 30.3 Å². The fourth-order valence-corrected chi connectivity index (χ4v) is 2.32. The average Bonchev–Trinajstić information content (AvgIpc) is 2.80. The number of ketones is 1. The van der Waals surface area contributed by atoms with Crippen molar-refractivity contribution in [1.29, 1.82) is 0 Å². The van der Waals surface area contributed by atoms with Crippen molar-refractivity contribution in [2.75, 3.05) is 13.1 Å². The highest BCUT2D eigenvalue weighted by atomic mass is 16.2. The van der Waals surface area contributed by atoms with Gasteiger partial charge in [0.05, 0.1) is 24.2 Å². The molecule has 5 N–H and O–H groups in total. The van der Waals surface area contributed by atoms with Crippen LogP contribution in [0.25, 0.3) is 10.9 Å². The van der Waals surface area contributed by atoms with Gasteiger partial charge in [0.1, 0.15) is 6.04 Å². The molecule has 0 saturated heterocycles. The molecule has 1 heterocycles. The molecule has 192 valence electrons. The molecule has 0 bridgehead atoms. The summed E-state index contributed by atoms with van der Waals surface area (Å²) in [4.78, 5) is 61.9. The van der Waals surface area contributed by atoms with Gasteiger partial charge in [0.25, 0.3) is 11.8 Å². The Morgan fingerprint density at radius 2 is 1.49 bits per heavy atom. The number of nitrogens with two attached hydrogens (primary N) is 1. The van der Waals surface area contributed by atoms with Gasteiger partial charge in [-0.05, 0) is 25.0 Å². The number of amides is 4. The highest BCUT2D eigenvalue weighted by Crippen LogP contribution is 2.15. The Hall–Kier alpha value is -3.82. The molecule has 0 aliphatic carbocycles. The standard InChI is InChI=1S/C18H19N5O5.C4H10.C3H8/c1-10(17(27)21-8-14(24)16(19)26)23-15(25)9-22-18(28)12-6-7-20-13-5-3-2-4-11(12)13;1-4(2)3;1-3-2/h2-7,10H,8-9H2,1H3,(H2,19,26)(H,21,27)(H,22,28)(H,23,25);4H,1-3H3;3H2,1-2H3/t10-;;/m0../s1. The molecule has 1 atom stereocenters. The molecule has 1 aromatic heterocycles. The number of fused-ring (bicyclic) bond motifs is 1. The highest BCUT2D eigenvalue weighted by Gasteiger charge is 2.18. The minimum Gasteiger partial charge on any atom is -0.363 e. The third kappa shape index (κ3) is 12.9. The fraction of sp³-hybridized carbons (Fsp3) is 0.440. The maximum atomic E-state index is 12.3. The van der Waals surface area contributed by atoms with E-state index in [2.05, 4.69) is 55.6 Å². The second-order valence-electron chi connectivity index (χ2n) is 8.29. The first-order valence-corrected chi connectivity index (χ1v) is 11.5. The van der Waals surface area contributed by atoms with Gasteiger partial charge in [0.15, 0.2) is 0 Å². The highest BCUT2D eigenvalue weighted by molar-refractivity contribution is 6.36. The lowest BCUT2D eigenvalue weighted by molar-refractivity contribution is -0.136. The Bertz CT molecular complexity index is 999. The van der Waals surface area contributed by atoms with Crippen LogP contribution in [0.15, 0.2) is 36.5 Å². The number of nitrogens with one attached hydrogen (secondary N) is 3. The molecule has 2 rings (SSSR count). The van der Waals surface area contributed by atoms with Crippen molar-refractivity contribution in [2.45, 2.75) is 54.0 Å². The predicted molar refractivity (Wildman–Crippen MR) is 135 cm³/mol. The molecule has 4 amide bonds. The Morgan fingerprint density at radius 3 is 2.06 bits per heavy atom. The Morgan fingerprint density at radius 1 is 0.914 bits per heavy atom. The summed E-state index contributed by atoms with van der Waals surface area (Å²) in [6.07, 6.45) is 2.75. The number of nitrogens with zero attached hydrogens (tertiary/aromatic N) is 1. The van der Waals surface area contributed by atoms with Crippen molar-refractivity contribution < 1.29 is 24.0 Å². The Balaban J connectivity index is 0.00000146. The largest absolute Gasteiger partial charge is 0.363 e. The number of para-hydroxylation sites is 1. The molecule has 10 nitrogen and oxygen atoms in total. The van der Waals surface area contributed by atoms with E-state index >= 15 is 0 Å². The molecule has 0 unspecified atom stereocenters. The number of carbonyl (C=O) groups excluding carboxylic acids is 5. The zero-order valence-electron chi connectivity index (χ0n) is 21.3. The third-order valence-corrected chi connectivity index (χ3v) is 3.77. The normalized spacial score (nSPS) is 10.6. The van der Waals surface area contributed by atoms with E-state index in [9.17, 15) is 24.0 Å². The molecule has 2 aromatic rings. The predicted octanol–water partition coefficient (Wildman–Crippen LogP) is 1.72. The second kappa shape index (κ2) is 16.7. The monoisotopic (exact) mass is 487 g/mol. The van der Waals surface area contributed by atoms with Gasteiger partial charge in [0.2, 0.25) is 17.6 Å². The van der Waals surface area contributed by atoms with Crippen LogP contribution in [0.4, 0.5) is 0 Å². The van der Waals surface area contributed by atoms with Gasteiger partial charge in [-0.2, -0.15) is 0 Å². The number of benzene rings is 1. The van der Waals surface area contributed by atoms with Crippen LogP contribution in [-0.2, 0) is 19.2 Å². The number of primary amides is 1. The SMILES string of the molecule is CC(C)C.CCC.C[C@H](NC(=O)CNC(=O)c1ccnc2ccccc12)C(=O)NCC(=O)C(N)=O. The maximum Gasteiger partial charge on any atom is 0.286 e. The van der Waals surface area contributed by atoms with Crippen LogP contribution in [0.2, 0.25) is 0 Å². The minimum absolute atomic E-state index is 0.354. The molecule has 0 spiro atoms. The van der Waals surface area contributed by atoms with Gasteiger partial charge >= 0.3 is 0 Å². The summed E-state index contributed by atoms with van der Waals surface area (Å²) in [6.45, 7) is 11.2. The summed E-state index contributed by atoms with van der Waals surface area (Å²) in [5.74, 6) is -3.02. The van der Waals surface area contributed by atoms with Crippen molar-refractivity contribution in [3.63, 3.8) is 0 Å². The van der Waals surface area contributed by atoms with E-state index in [4.69, 9.17) is 5.73 Å². The molecule has 0 saturated carbocycles. The van der Waals surface area contributed by atoms with Gasteiger partial charge in [-0.3, -0.25) is 29.0 Å². The minimum atomic E-state index is -1.16. The number of aromatic nitrogens is 1. The maximum absolute atomic E-state index is 12.3. The first-order valence-electron chi connectivity index (χ1n) is 11.5. The van der Waals surface area contributed by atoms with Crippen LogP contribution < -0.4 is 21.7 Å². The topological polar surface area (TPSA) is 160 Å². The van der Waals surface area contributed by atoms with E-state index in [0.29, 0.717) is 16.5 Å². The molecule has 0 aliphatic heterocycles. The summed E-state index contributed by atoms with van der Waals surface area (Å²) >= 11 is 0. The van der Waals surface area contributed by atoms with E-state index < -0.39 is 42.0 Å². The van der Waals surface area contributed by atoms with E-state index in [0.717, 1.165) is 5.92 Å². The smallest absolute Gasteiger partial charge is 0.286 e. The summed E-state index contributed by atoms with van der Waals surface area (Å²) in [7, 11) is 0.